The van der Waals surface area contributed by atoms with Crippen molar-refractivity contribution < 1.29 is 4.74 Å². The molecule has 0 spiro atoms. The summed E-state index contributed by atoms with van der Waals surface area (Å²) >= 11 is 0. The lowest BCUT2D eigenvalue weighted by Gasteiger charge is -2.07. The summed E-state index contributed by atoms with van der Waals surface area (Å²) in [6, 6.07) is 19.4. The maximum absolute atomic E-state index is 5.75. The quantitative estimate of drug-likeness (QED) is 0.794. The maximum atomic E-state index is 5.75. The van der Waals surface area contributed by atoms with E-state index in [9.17, 15) is 0 Å². The highest BCUT2D eigenvalue weighted by Crippen LogP contribution is 2.23. The molecule has 0 aliphatic carbocycles. The Morgan fingerprint density at radius 1 is 0.905 bits per heavy atom. The van der Waals surface area contributed by atoms with E-state index in [4.69, 9.17) is 10.5 Å². The molecule has 0 saturated heterocycles. The summed E-state index contributed by atoms with van der Waals surface area (Å²) in [5, 5.41) is 0. The van der Waals surface area contributed by atoms with Crippen molar-refractivity contribution in [2.24, 2.45) is 5.73 Å². The highest BCUT2D eigenvalue weighted by molar-refractivity contribution is 5.59. The van der Waals surface area contributed by atoms with Gasteiger partial charge in [-0.25, -0.2) is 9.97 Å². The van der Waals surface area contributed by atoms with Crippen molar-refractivity contribution in [2.45, 2.75) is 6.54 Å². The second-order valence-electron chi connectivity index (χ2n) is 4.56. The van der Waals surface area contributed by atoms with E-state index in [-0.39, 0.29) is 0 Å². The zero-order chi connectivity index (χ0) is 14.5. The Bertz CT molecular complexity index is 712. The predicted octanol–water partition coefficient (Wildman–Crippen LogP) is 3.39. The van der Waals surface area contributed by atoms with Crippen LogP contribution in [0.25, 0.3) is 11.3 Å². The van der Waals surface area contributed by atoms with Gasteiger partial charge in [-0.05, 0) is 17.7 Å². The van der Waals surface area contributed by atoms with Gasteiger partial charge in [-0.3, -0.25) is 0 Å². The van der Waals surface area contributed by atoms with E-state index in [0.29, 0.717) is 12.4 Å². The van der Waals surface area contributed by atoms with Crippen LogP contribution in [0.4, 0.5) is 0 Å². The third-order valence-electron chi connectivity index (χ3n) is 3.09. The molecule has 0 atom stereocenters. The van der Waals surface area contributed by atoms with Crippen molar-refractivity contribution in [3.8, 4) is 22.9 Å². The van der Waals surface area contributed by atoms with Gasteiger partial charge in [0, 0.05) is 18.2 Å². The molecule has 1 aromatic heterocycles. The van der Waals surface area contributed by atoms with E-state index in [2.05, 4.69) is 9.97 Å². The van der Waals surface area contributed by atoms with Gasteiger partial charge >= 0.3 is 0 Å². The standard InChI is InChI=1S/C17H15N3O/c18-11-13-6-8-15(9-7-13)21-17-10-16(19-12-20-17)14-4-2-1-3-5-14/h1-10,12H,11,18H2. The number of rotatable bonds is 4. The third kappa shape index (κ3) is 3.24. The lowest BCUT2D eigenvalue weighted by molar-refractivity contribution is 0.461. The summed E-state index contributed by atoms with van der Waals surface area (Å²) in [5.74, 6) is 1.24. The van der Waals surface area contributed by atoms with E-state index < -0.39 is 0 Å². The van der Waals surface area contributed by atoms with Gasteiger partial charge in [-0.15, -0.1) is 0 Å². The van der Waals surface area contributed by atoms with Gasteiger partial charge in [0.2, 0.25) is 5.88 Å². The fraction of sp³-hybridized carbons (Fsp3) is 0.0588. The van der Waals surface area contributed by atoms with Gasteiger partial charge in [0.1, 0.15) is 12.1 Å². The summed E-state index contributed by atoms with van der Waals surface area (Å²) in [6.45, 7) is 0.520. The molecule has 2 aromatic carbocycles. The highest BCUT2D eigenvalue weighted by atomic mass is 16.5. The number of benzene rings is 2. The molecule has 0 unspecified atom stereocenters. The number of nitrogens with zero attached hydrogens (tertiary/aromatic N) is 2. The number of aromatic nitrogens is 2. The third-order valence-corrected chi connectivity index (χ3v) is 3.09. The van der Waals surface area contributed by atoms with Crippen molar-refractivity contribution >= 4 is 0 Å². The summed E-state index contributed by atoms with van der Waals surface area (Å²) < 4.78 is 5.75. The van der Waals surface area contributed by atoms with Crippen LogP contribution in [-0.2, 0) is 6.54 Å². The van der Waals surface area contributed by atoms with E-state index in [1.165, 1.54) is 6.33 Å². The molecule has 4 heteroatoms. The molecular weight excluding hydrogens is 262 g/mol. The smallest absolute Gasteiger partial charge is 0.222 e. The monoisotopic (exact) mass is 277 g/mol. The van der Waals surface area contributed by atoms with Crippen LogP contribution in [0.15, 0.2) is 67.0 Å². The number of hydrogen-bond donors (Lipinski definition) is 1. The van der Waals surface area contributed by atoms with Crippen molar-refractivity contribution in [3.05, 3.63) is 72.6 Å². The van der Waals surface area contributed by atoms with Gasteiger partial charge in [0.25, 0.3) is 0 Å². The van der Waals surface area contributed by atoms with Gasteiger partial charge in [0.05, 0.1) is 5.69 Å². The molecule has 104 valence electrons. The minimum atomic E-state index is 0.518. The first kappa shape index (κ1) is 13.3. The van der Waals surface area contributed by atoms with Gasteiger partial charge in [0.15, 0.2) is 0 Å². The molecule has 0 aliphatic rings. The van der Waals surface area contributed by atoms with Crippen LogP contribution in [0.1, 0.15) is 5.56 Å². The molecule has 0 fully saturated rings. The van der Waals surface area contributed by atoms with Crippen molar-refractivity contribution in [1.29, 1.82) is 0 Å². The zero-order valence-electron chi connectivity index (χ0n) is 11.4. The molecule has 0 aliphatic heterocycles. The largest absolute Gasteiger partial charge is 0.439 e. The molecular formula is C17H15N3O. The zero-order valence-corrected chi connectivity index (χ0v) is 11.4. The van der Waals surface area contributed by atoms with Crippen LogP contribution >= 0.6 is 0 Å². The topological polar surface area (TPSA) is 61.0 Å². The average molecular weight is 277 g/mol. The Kier molecular flexibility index (Phi) is 3.89. The first-order valence-corrected chi connectivity index (χ1v) is 6.69. The summed E-state index contributed by atoms with van der Waals surface area (Å²) in [7, 11) is 0. The SMILES string of the molecule is NCc1ccc(Oc2cc(-c3ccccc3)ncn2)cc1. The Balaban J connectivity index is 1.83. The van der Waals surface area contributed by atoms with Crippen LogP contribution in [0.3, 0.4) is 0 Å². The van der Waals surface area contributed by atoms with Crippen LogP contribution in [0.5, 0.6) is 11.6 Å². The molecule has 0 amide bonds. The predicted molar refractivity (Wildman–Crippen MR) is 81.9 cm³/mol. The van der Waals surface area contributed by atoms with Crippen LogP contribution in [-0.4, -0.2) is 9.97 Å². The molecule has 4 nitrogen and oxygen atoms in total. The molecule has 0 radical (unpaired) electrons. The Morgan fingerprint density at radius 2 is 1.67 bits per heavy atom. The van der Waals surface area contributed by atoms with Crippen LogP contribution in [0, 0.1) is 0 Å². The van der Waals surface area contributed by atoms with Crippen LogP contribution < -0.4 is 10.5 Å². The number of nitrogens with two attached hydrogens (primary N) is 1. The van der Waals surface area contributed by atoms with Crippen molar-refractivity contribution in [3.63, 3.8) is 0 Å². The van der Waals surface area contributed by atoms with Gasteiger partial charge in [-0.1, -0.05) is 42.5 Å². The number of ether oxygens (including phenoxy) is 1. The van der Waals surface area contributed by atoms with Gasteiger partial charge < -0.3 is 10.5 Å². The highest BCUT2D eigenvalue weighted by Gasteiger charge is 2.03. The Morgan fingerprint density at radius 3 is 2.38 bits per heavy atom. The normalized spacial score (nSPS) is 10.3. The first-order chi connectivity index (χ1) is 10.3. The molecule has 3 rings (SSSR count). The number of hydrogen-bond acceptors (Lipinski definition) is 4. The molecule has 0 saturated carbocycles. The fourth-order valence-electron chi connectivity index (χ4n) is 1.98. The summed E-state index contributed by atoms with van der Waals surface area (Å²) in [6.07, 6.45) is 1.51. The molecule has 1 heterocycles. The second kappa shape index (κ2) is 6.15. The Labute approximate surface area is 123 Å². The Hall–Kier alpha value is -2.72. The van der Waals surface area contributed by atoms with Gasteiger partial charge in [-0.2, -0.15) is 0 Å². The second-order valence-corrected chi connectivity index (χ2v) is 4.56. The molecule has 2 N–H and O–H groups in total. The summed E-state index contributed by atoms with van der Waals surface area (Å²) in [5.41, 5.74) is 8.50. The average Bonchev–Trinajstić information content (AvgIpc) is 2.57. The summed E-state index contributed by atoms with van der Waals surface area (Å²) in [4.78, 5) is 8.42. The van der Waals surface area contributed by atoms with E-state index in [1.54, 1.807) is 0 Å². The first-order valence-electron chi connectivity index (χ1n) is 6.69. The van der Waals surface area contributed by atoms with E-state index in [1.807, 2.05) is 60.7 Å². The van der Waals surface area contributed by atoms with E-state index >= 15 is 0 Å². The maximum Gasteiger partial charge on any atom is 0.222 e. The fourth-order valence-corrected chi connectivity index (χ4v) is 1.98. The molecule has 21 heavy (non-hydrogen) atoms. The lowest BCUT2D eigenvalue weighted by Crippen LogP contribution is -1.96. The van der Waals surface area contributed by atoms with Crippen molar-refractivity contribution in [1.82, 2.24) is 9.97 Å². The van der Waals surface area contributed by atoms with Crippen molar-refractivity contribution in [2.75, 3.05) is 0 Å². The lowest BCUT2D eigenvalue weighted by atomic mass is 10.1. The minimum absolute atomic E-state index is 0.518. The molecule has 3 aromatic rings. The van der Waals surface area contributed by atoms with Crippen LogP contribution in [0.2, 0.25) is 0 Å². The minimum Gasteiger partial charge on any atom is -0.439 e. The molecule has 0 bridgehead atoms. The van der Waals surface area contributed by atoms with E-state index in [0.717, 1.165) is 22.6 Å².